The van der Waals surface area contributed by atoms with E-state index in [-0.39, 0.29) is 18.0 Å². The van der Waals surface area contributed by atoms with Crippen LogP contribution in [0.1, 0.15) is 18.3 Å². The number of nitriles is 1. The van der Waals surface area contributed by atoms with Gasteiger partial charge >= 0.3 is 5.97 Å². The summed E-state index contributed by atoms with van der Waals surface area (Å²) >= 11 is 1.25. The molecule has 31 heavy (non-hydrogen) atoms. The fraction of sp³-hybridized carbons (Fsp3) is 0.0870. The van der Waals surface area contributed by atoms with Crippen molar-refractivity contribution in [2.24, 2.45) is 5.73 Å². The molecule has 0 bridgehead atoms. The van der Waals surface area contributed by atoms with E-state index in [1.54, 1.807) is 12.3 Å². The van der Waals surface area contributed by atoms with Crippen LogP contribution >= 0.6 is 11.8 Å². The summed E-state index contributed by atoms with van der Waals surface area (Å²) in [6.45, 7) is 1.95. The van der Waals surface area contributed by atoms with E-state index in [1.807, 2.05) is 54.6 Å². The minimum Gasteiger partial charge on any atom is -0.462 e. The number of carbonyl (C=O) groups excluding carboxylic acids is 1. The second kappa shape index (κ2) is 8.81. The van der Waals surface area contributed by atoms with Gasteiger partial charge in [-0.15, -0.1) is 0 Å². The Hall–Kier alpha value is -3.96. The van der Waals surface area contributed by atoms with Crippen LogP contribution in [0.3, 0.4) is 0 Å². The van der Waals surface area contributed by atoms with Gasteiger partial charge in [0.1, 0.15) is 28.9 Å². The van der Waals surface area contributed by atoms with Crippen LogP contribution in [0.25, 0.3) is 22.2 Å². The Morgan fingerprint density at radius 1 is 1.19 bits per heavy atom. The molecule has 1 aliphatic heterocycles. The first kappa shape index (κ1) is 20.3. The Labute approximate surface area is 183 Å². The van der Waals surface area contributed by atoms with E-state index in [0.717, 1.165) is 16.6 Å². The normalized spacial score (nSPS) is 15.5. The molecule has 0 radical (unpaired) electrons. The molecule has 3 aromatic rings. The van der Waals surface area contributed by atoms with Gasteiger partial charge in [0, 0.05) is 5.57 Å². The summed E-state index contributed by atoms with van der Waals surface area (Å²) in [5.74, 6) is -0.0348. The van der Waals surface area contributed by atoms with Crippen LogP contribution in [0, 0.1) is 11.3 Å². The summed E-state index contributed by atoms with van der Waals surface area (Å²) in [6.07, 6.45) is 0. The summed E-state index contributed by atoms with van der Waals surface area (Å²) in [5.41, 5.74) is 9.79. The molecule has 1 aliphatic rings. The number of aromatic nitrogens is 2. The van der Waals surface area contributed by atoms with Crippen molar-refractivity contribution in [3.8, 4) is 6.07 Å². The van der Waals surface area contributed by atoms with Crippen molar-refractivity contribution in [2.75, 3.05) is 6.61 Å². The molecule has 7 nitrogen and oxygen atoms in total. The summed E-state index contributed by atoms with van der Waals surface area (Å²) in [4.78, 5) is 20.6. The van der Waals surface area contributed by atoms with Crippen molar-refractivity contribution in [2.45, 2.75) is 6.92 Å². The van der Waals surface area contributed by atoms with Gasteiger partial charge in [-0.25, -0.2) is 9.78 Å². The van der Waals surface area contributed by atoms with E-state index in [0.29, 0.717) is 22.0 Å². The molecule has 0 fully saturated rings. The number of fused-ring (bicyclic) bond motifs is 1. The summed E-state index contributed by atoms with van der Waals surface area (Å²) in [6, 6.07) is 19.1. The quantitative estimate of drug-likeness (QED) is 0.426. The molecule has 2 heterocycles. The number of nitrogens with one attached hydrogen (secondary N) is 2. The summed E-state index contributed by atoms with van der Waals surface area (Å²) in [5, 5.41) is 15.0. The zero-order valence-corrected chi connectivity index (χ0v) is 17.5. The zero-order valence-electron chi connectivity index (χ0n) is 16.7. The van der Waals surface area contributed by atoms with E-state index in [4.69, 9.17) is 10.5 Å². The lowest BCUT2D eigenvalue weighted by atomic mass is 10.0. The van der Waals surface area contributed by atoms with Gasteiger partial charge in [0.25, 0.3) is 0 Å². The molecule has 0 atom stereocenters. The van der Waals surface area contributed by atoms with E-state index < -0.39 is 5.97 Å². The predicted molar refractivity (Wildman–Crippen MR) is 122 cm³/mol. The number of thioether (sulfide) groups is 1. The molecule has 0 saturated carbocycles. The van der Waals surface area contributed by atoms with E-state index in [9.17, 15) is 10.1 Å². The lowest BCUT2D eigenvalue weighted by Crippen LogP contribution is -2.23. The molecule has 4 rings (SSSR count). The van der Waals surface area contributed by atoms with Crippen molar-refractivity contribution >= 4 is 39.9 Å². The Bertz CT molecular complexity index is 1250. The van der Waals surface area contributed by atoms with Gasteiger partial charge < -0.3 is 20.8 Å². The zero-order chi connectivity index (χ0) is 21.8. The first-order valence-corrected chi connectivity index (χ1v) is 10.5. The maximum absolute atomic E-state index is 12.9. The third kappa shape index (κ3) is 4.04. The first-order valence-electron chi connectivity index (χ1n) is 9.58. The lowest BCUT2D eigenvalue weighted by Gasteiger charge is -2.12. The Balaban J connectivity index is 1.88. The lowest BCUT2D eigenvalue weighted by molar-refractivity contribution is -0.136. The van der Waals surface area contributed by atoms with Gasteiger partial charge in [0.05, 0.1) is 22.7 Å². The Morgan fingerprint density at radius 3 is 2.65 bits per heavy atom. The molecule has 0 spiro atoms. The maximum atomic E-state index is 12.9. The second-order valence-electron chi connectivity index (χ2n) is 6.57. The number of ether oxygens (including phenoxy) is 1. The van der Waals surface area contributed by atoms with Crippen molar-refractivity contribution < 1.29 is 9.53 Å². The Kier molecular flexibility index (Phi) is 5.78. The minimum absolute atomic E-state index is 0.149. The van der Waals surface area contributed by atoms with Gasteiger partial charge in [-0.1, -0.05) is 54.2 Å². The predicted octanol–water partition coefficient (Wildman–Crippen LogP) is 3.87. The molecule has 1 aromatic heterocycles. The standard InChI is InChI=1S/C23H19N5O2S/c1-2-30-23(29)19(21-26-17-10-6-7-11-18(17)27-21)22-28-20(25)15(12-24)16(13-31-22)14-8-4-3-5-9-14/h3-11,13,28H,2,25H2,1H3,(H,26,27). The summed E-state index contributed by atoms with van der Waals surface area (Å²) < 4.78 is 5.30. The molecule has 0 amide bonds. The fourth-order valence-electron chi connectivity index (χ4n) is 3.18. The van der Waals surface area contributed by atoms with Gasteiger partial charge in [-0.3, -0.25) is 0 Å². The first-order chi connectivity index (χ1) is 15.1. The fourth-order valence-corrected chi connectivity index (χ4v) is 4.14. The molecule has 154 valence electrons. The number of hydrogen-bond acceptors (Lipinski definition) is 7. The van der Waals surface area contributed by atoms with Crippen LogP contribution < -0.4 is 11.1 Å². The number of carbonyl (C=O) groups is 1. The number of rotatable bonds is 4. The average Bonchev–Trinajstić information content (AvgIpc) is 3.13. The highest BCUT2D eigenvalue weighted by molar-refractivity contribution is 8.06. The van der Waals surface area contributed by atoms with Gasteiger partial charge in [-0.05, 0) is 30.0 Å². The van der Waals surface area contributed by atoms with Crippen molar-refractivity contribution in [1.29, 1.82) is 5.26 Å². The van der Waals surface area contributed by atoms with Crippen molar-refractivity contribution in [3.05, 3.63) is 87.8 Å². The number of nitrogens with zero attached hydrogens (tertiary/aromatic N) is 2. The third-order valence-corrected chi connectivity index (χ3v) is 5.51. The number of aromatic amines is 1. The van der Waals surface area contributed by atoms with Crippen LogP contribution in [0.2, 0.25) is 0 Å². The number of esters is 1. The van der Waals surface area contributed by atoms with Crippen LogP contribution in [-0.2, 0) is 9.53 Å². The average molecular weight is 430 g/mol. The van der Waals surface area contributed by atoms with Crippen LogP contribution in [0.5, 0.6) is 0 Å². The molecule has 0 unspecified atom stereocenters. The topological polar surface area (TPSA) is 117 Å². The highest BCUT2D eigenvalue weighted by Crippen LogP contribution is 2.35. The molecular formula is C23H19N5O2S. The number of H-pyrrole nitrogens is 1. The number of hydrogen-bond donors (Lipinski definition) is 3. The summed E-state index contributed by atoms with van der Waals surface area (Å²) in [7, 11) is 0. The third-order valence-electron chi connectivity index (χ3n) is 4.61. The van der Waals surface area contributed by atoms with Crippen LogP contribution in [-0.4, -0.2) is 22.5 Å². The SMILES string of the molecule is CCOC(=O)C(=C1NC(N)=C(C#N)C(c2ccccc2)=CS1)c1nc2ccccc2[nH]1. The molecule has 0 saturated heterocycles. The van der Waals surface area contributed by atoms with E-state index in [1.165, 1.54) is 11.8 Å². The minimum atomic E-state index is -0.542. The highest BCUT2D eigenvalue weighted by Gasteiger charge is 2.26. The van der Waals surface area contributed by atoms with Gasteiger partial charge in [-0.2, -0.15) is 5.26 Å². The highest BCUT2D eigenvalue weighted by atomic mass is 32.2. The molecule has 8 heteroatoms. The van der Waals surface area contributed by atoms with E-state index in [2.05, 4.69) is 21.4 Å². The molecule has 4 N–H and O–H groups in total. The molecule has 2 aromatic carbocycles. The van der Waals surface area contributed by atoms with Crippen molar-refractivity contribution in [3.63, 3.8) is 0 Å². The number of benzene rings is 2. The van der Waals surface area contributed by atoms with Crippen molar-refractivity contribution in [1.82, 2.24) is 15.3 Å². The number of para-hydroxylation sites is 2. The largest absolute Gasteiger partial charge is 0.462 e. The molecule has 0 aliphatic carbocycles. The van der Waals surface area contributed by atoms with Crippen LogP contribution in [0.4, 0.5) is 0 Å². The Morgan fingerprint density at radius 2 is 1.94 bits per heavy atom. The monoisotopic (exact) mass is 429 g/mol. The van der Waals surface area contributed by atoms with Gasteiger partial charge in [0.15, 0.2) is 0 Å². The van der Waals surface area contributed by atoms with Gasteiger partial charge in [0.2, 0.25) is 0 Å². The number of allylic oxidation sites excluding steroid dienone is 2. The number of imidazole rings is 1. The number of nitrogens with two attached hydrogens (primary N) is 1. The smallest absolute Gasteiger partial charge is 0.344 e. The maximum Gasteiger partial charge on any atom is 0.344 e. The second-order valence-corrected chi connectivity index (χ2v) is 7.45. The molecular weight excluding hydrogens is 410 g/mol. The van der Waals surface area contributed by atoms with Crippen LogP contribution in [0.15, 0.2) is 76.4 Å². The van der Waals surface area contributed by atoms with E-state index >= 15 is 0 Å².